The first kappa shape index (κ1) is 33.9. The minimum absolute atomic E-state index is 0.116. The molecule has 5 rings (SSSR count). The fourth-order valence-electron chi connectivity index (χ4n) is 7.57. The van der Waals surface area contributed by atoms with E-state index in [2.05, 4.69) is 29.1 Å². The molecule has 10 heteroatoms. The van der Waals surface area contributed by atoms with Crippen LogP contribution >= 0.6 is 15.9 Å². The summed E-state index contributed by atoms with van der Waals surface area (Å²) >= 11 is 3.78. The van der Waals surface area contributed by atoms with Crippen molar-refractivity contribution in [3.05, 3.63) is 85.5 Å². The summed E-state index contributed by atoms with van der Waals surface area (Å²) in [5.74, 6) is -2.07. The van der Waals surface area contributed by atoms with Gasteiger partial charge in [-0.05, 0) is 42.2 Å². The van der Waals surface area contributed by atoms with Crippen LogP contribution in [0.5, 0.6) is 5.75 Å². The zero-order valence-electron chi connectivity index (χ0n) is 26.8. The third kappa shape index (κ3) is 5.80. The molecule has 0 saturated carbocycles. The van der Waals surface area contributed by atoms with Crippen molar-refractivity contribution < 1.29 is 29.0 Å². The number of rotatable bonds is 14. The topological polar surface area (TPSA) is 99.6 Å². The van der Waals surface area contributed by atoms with Gasteiger partial charge in [0.2, 0.25) is 11.8 Å². The molecule has 8 atom stereocenters. The third-order valence-electron chi connectivity index (χ3n) is 9.93. The molecule has 3 aliphatic rings. The molecule has 2 aromatic carbocycles. The summed E-state index contributed by atoms with van der Waals surface area (Å²) in [6, 6.07) is 15.1. The SMILES string of the molecule is C=CCN(Cc1ccccc1)C(=O)[C@H]1[C@@H]2OC3(CC2Br)C(C(=O)N(CC=C)c2ccc(OC)cc2)N([C@@H](CO)[C@@H](C)CC)C(=O)[C@H]13. The van der Waals surface area contributed by atoms with E-state index in [0.717, 1.165) is 5.56 Å². The van der Waals surface area contributed by atoms with Crippen molar-refractivity contribution >= 4 is 39.3 Å². The molecule has 246 valence electrons. The van der Waals surface area contributed by atoms with Crippen LogP contribution in [0.3, 0.4) is 0 Å². The Morgan fingerprint density at radius 2 is 1.80 bits per heavy atom. The van der Waals surface area contributed by atoms with Crippen LogP contribution in [0.2, 0.25) is 0 Å². The van der Waals surface area contributed by atoms with E-state index in [-0.39, 0.29) is 41.6 Å². The molecular formula is C36H44BrN3O6. The number of amides is 3. The Balaban J connectivity index is 1.60. The lowest BCUT2D eigenvalue weighted by atomic mass is 9.70. The molecule has 46 heavy (non-hydrogen) atoms. The van der Waals surface area contributed by atoms with Crippen LogP contribution in [0.15, 0.2) is 79.9 Å². The van der Waals surface area contributed by atoms with Crippen LogP contribution in [-0.4, -0.2) is 88.0 Å². The van der Waals surface area contributed by atoms with Gasteiger partial charge in [0, 0.05) is 30.1 Å². The number of likely N-dealkylation sites (tertiary alicyclic amines) is 1. The van der Waals surface area contributed by atoms with Gasteiger partial charge in [0.15, 0.2) is 0 Å². The third-order valence-corrected chi connectivity index (χ3v) is 10.8. The Morgan fingerprint density at radius 3 is 2.39 bits per heavy atom. The minimum Gasteiger partial charge on any atom is -0.497 e. The van der Waals surface area contributed by atoms with Crippen LogP contribution in [0, 0.1) is 17.8 Å². The monoisotopic (exact) mass is 693 g/mol. The summed E-state index contributed by atoms with van der Waals surface area (Å²) in [5.41, 5.74) is 0.292. The number of alkyl halides is 1. The maximum atomic E-state index is 14.9. The summed E-state index contributed by atoms with van der Waals surface area (Å²) in [7, 11) is 1.57. The van der Waals surface area contributed by atoms with Crippen molar-refractivity contribution in [1.82, 2.24) is 9.80 Å². The second-order valence-corrected chi connectivity index (χ2v) is 13.6. The van der Waals surface area contributed by atoms with Gasteiger partial charge in [-0.1, -0.05) is 78.7 Å². The molecule has 1 spiro atoms. The van der Waals surface area contributed by atoms with Gasteiger partial charge in [-0.15, -0.1) is 13.2 Å². The number of carbonyl (C=O) groups is 3. The molecule has 1 N–H and O–H groups in total. The number of halogens is 1. The van der Waals surface area contributed by atoms with Gasteiger partial charge in [0.25, 0.3) is 5.91 Å². The Kier molecular flexibility index (Phi) is 10.4. The van der Waals surface area contributed by atoms with Crippen LogP contribution < -0.4 is 9.64 Å². The predicted molar refractivity (Wildman–Crippen MR) is 180 cm³/mol. The number of ether oxygens (including phenoxy) is 2. The lowest BCUT2D eigenvalue weighted by molar-refractivity contribution is -0.148. The lowest BCUT2D eigenvalue weighted by Gasteiger charge is -2.41. The number of nitrogens with zero attached hydrogens (tertiary/aromatic N) is 3. The molecule has 3 aliphatic heterocycles. The van der Waals surface area contributed by atoms with Crippen LogP contribution in [-0.2, 0) is 25.7 Å². The normalized spacial score (nSPS) is 27.5. The summed E-state index contributed by atoms with van der Waals surface area (Å²) < 4.78 is 12.1. The highest BCUT2D eigenvalue weighted by molar-refractivity contribution is 9.09. The van der Waals surface area contributed by atoms with Crippen molar-refractivity contribution in [2.45, 2.75) is 61.8 Å². The highest BCUT2D eigenvalue weighted by atomic mass is 79.9. The number of hydrogen-bond acceptors (Lipinski definition) is 6. The van der Waals surface area contributed by atoms with Gasteiger partial charge in [0.05, 0.1) is 37.7 Å². The Bertz CT molecular complexity index is 1440. The molecule has 0 aromatic heterocycles. The number of benzene rings is 2. The first-order valence-electron chi connectivity index (χ1n) is 15.9. The van der Waals surface area contributed by atoms with Gasteiger partial charge >= 0.3 is 0 Å². The van der Waals surface area contributed by atoms with E-state index >= 15 is 0 Å². The molecule has 9 nitrogen and oxygen atoms in total. The smallest absolute Gasteiger partial charge is 0.253 e. The number of hydrogen-bond donors (Lipinski definition) is 1. The number of aliphatic hydroxyl groups excluding tert-OH is 1. The molecule has 2 bridgehead atoms. The quantitative estimate of drug-likeness (QED) is 0.230. The predicted octanol–water partition coefficient (Wildman–Crippen LogP) is 4.58. The molecule has 3 unspecified atom stereocenters. The average Bonchev–Trinajstić information content (AvgIpc) is 3.67. The highest BCUT2D eigenvalue weighted by Crippen LogP contribution is 2.61. The first-order chi connectivity index (χ1) is 22.2. The van der Waals surface area contributed by atoms with Crippen molar-refractivity contribution in [3.8, 4) is 5.75 Å². The minimum atomic E-state index is -1.27. The van der Waals surface area contributed by atoms with Crippen molar-refractivity contribution in [2.75, 3.05) is 31.7 Å². The van der Waals surface area contributed by atoms with Crippen molar-refractivity contribution in [1.29, 1.82) is 0 Å². The Morgan fingerprint density at radius 1 is 1.13 bits per heavy atom. The maximum absolute atomic E-state index is 14.9. The molecule has 3 amide bonds. The summed E-state index contributed by atoms with van der Waals surface area (Å²) in [5, 5.41) is 10.7. The molecular weight excluding hydrogens is 650 g/mol. The molecule has 0 radical (unpaired) electrons. The van der Waals surface area contributed by atoms with Gasteiger partial charge in [-0.2, -0.15) is 0 Å². The standard InChI is InChI=1S/C36H44BrN3O6/c1-6-18-38(21-24-12-10-9-11-13-24)33(42)29-30-34(43)40(28(22-41)23(4)8-3)32(36(30)20-27(37)31(29)46-36)35(44)39(19-7-2)25-14-16-26(45-5)17-15-25/h6-7,9-17,23,27-32,41H,1-2,8,18-22H2,3-5H3/t23-,27?,28-,29+,30-,31+,32?,36?/m0/s1. The molecule has 3 saturated heterocycles. The van der Waals surface area contributed by atoms with E-state index < -0.39 is 35.6 Å². The van der Waals surface area contributed by atoms with Gasteiger partial charge in [-0.3, -0.25) is 14.4 Å². The molecule has 0 aliphatic carbocycles. The van der Waals surface area contributed by atoms with Crippen LogP contribution in [0.4, 0.5) is 5.69 Å². The Hall–Kier alpha value is -3.47. The highest BCUT2D eigenvalue weighted by Gasteiger charge is 2.77. The number of carbonyl (C=O) groups excluding carboxylic acids is 3. The number of aliphatic hydroxyl groups is 1. The molecule has 3 fully saturated rings. The van der Waals surface area contributed by atoms with E-state index in [1.54, 1.807) is 58.2 Å². The van der Waals surface area contributed by atoms with E-state index in [9.17, 15) is 19.5 Å². The van der Waals surface area contributed by atoms with Crippen molar-refractivity contribution in [3.63, 3.8) is 0 Å². The number of fused-ring (bicyclic) bond motifs is 1. The summed E-state index contributed by atoms with van der Waals surface area (Å²) in [4.78, 5) is 48.8. The van der Waals surface area contributed by atoms with Gasteiger partial charge < -0.3 is 29.3 Å². The molecule has 2 aromatic rings. The second-order valence-electron chi connectivity index (χ2n) is 12.5. The molecule has 3 heterocycles. The van der Waals surface area contributed by atoms with Crippen molar-refractivity contribution in [2.24, 2.45) is 17.8 Å². The van der Waals surface area contributed by atoms with E-state index in [4.69, 9.17) is 9.47 Å². The lowest BCUT2D eigenvalue weighted by Crippen LogP contribution is -2.60. The fraction of sp³-hybridized carbons (Fsp3) is 0.472. The number of anilines is 1. The van der Waals surface area contributed by atoms with E-state index in [1.165, 1.54) is 0 Å². The fourth-order valence-corrected chi connectivity index (χ4v) is 8.51. The zero-order chi connectivity index (χ0) is 33.2. The van der Waals surface area contributed by atoms with E-state index in [1.807, 2.05) is 44.2 Å². The zero-order valence-corrected chi connectivity index (χ0v) is 28.3. The largest absolute Gasteiger partial charge is 0.497 e. The maximum Gasteiger partial charge on any atom is 0.253 e. The summed E-state index contributed by atoms with van der Waals surface area (Å²) in [6.45, 7) is 12.2. The van der Waals surface area contributed by atoms with Gasteiger partial charge in [-0.25, -0.2) is 0 Å². The van der Waals surface area contributed by atoms with Crippen LogP contribution in [0.25, 0.3) is 0 Å². The van der Waals surface area contributed by atoms with E-state index in [0.29, 0.717) is 37.4 Å². The summed E-state index contributed by atoms with van der Waals surface area (Å²) in [6.07, 6.45) is 3.76. The second kappa shape index (κ2) is 14.1. The van der Waals surface area contributed by atoms with Crippen LogP contribution in [0.1, 0.15) is 32.3 Å². The Labute approximate surface area is 280 Å². The average molecular weight is 695 g/mol. The van der Waals surface area contributed by atoms with Gasteiger partial charge in [0.1, 0.15) is 17.4 Å². The first-order valence-corrected chi connectivity index (χ1v) is 16.8. The number of methoxy groups -OCH3 is 1.